The summed E-state index contributed by atoms with van der Waals surface area (Å²) in [5, 5.41) is 18.5. The molecule has 2 rings (SSSR count). The number of aromatic hydroxyl groups is 1. The number of aliphatic hydroxyl groups excluding tert-OH is 1. The highest BCUT2D eigenvalue weighted by Gasteiger charge is 2.14. The van der Waals surface area contributed by atoms with Gasteiger partial charge in [-0.25, -0.2) is 8.42 Å². The van der Waals surface area contributed by atoms with Gasteiger partial charge in [-0.15, -0.1) is 11.8 Å². The Morgan fingerprint density at radius 1 is 1.05 bits per heavy atom. The monoisotopic (exact) mass is 325 g/mol. The van der Waals surface area contributed by atoms with Crippen LogP contribution < -0.4 is 0 Å². The molecule has 0 fully saturated rings. The van der Waals surface area contributed by atoms with Crippen LogP contribution in [0.25, 0.3) is 0 Å². The van der Waals surface area contributed by atoms with Crippen LogP contribution in [-0.2, 0) is 15.9 Å². The van der Waals surface area contributed by atoms with Crippen LogP contribution in [0.4, 0.5) is 0 Å². The molecule has 0 saturated carbocycles. The van der Waals surface area contributed by atoms with Gasteiger partial charge >= 0.3 is 0 Å². The van der Waals surface area contributed by atoms with Crippen LogP contribution >= 0.6 is 11.8 Å². The van der Waals surface area contributed by atoms with E-state index >= 15 is 0 Å². The molecule has 21 heavy (non-hydrogen) atoms. The third kappa shape index (κ3) is 4.47. The van der Waals surface area contributed by atoms with Crippen molar-refractivity contribution in [2.24, 2.45) is 0 Å². The molecule has 2 N–H and O–H groups in total. The van der Waals surface area contributed by atoms with Gasteiger partial charge in [0.1, 0.15) is 15.9 Å². The number of aliphatic hydroxyl groups is 1. The largest absolute Gasteiger partial charge is 0.746 e. The smallest absolute Gasteiger partial charge is 0.168 e. The number of phenolic OH excluding ortho intramolecular Hbond substituents is 1. The van der Waals surface area contributed by atoms with Gasteiger partial charge in [-0.3, -0.25) is 0 Å². The van der Waals surface area contributed by atoms with Crippen molar-refractivity contribution in [3.05, 3.63) is 59.7 Å². The van der Waals surface area contributed by atoms with Gasteiger partial charge in [-0.2, -0.15) is 0 Å². The molecule has 2 aromatic rings. The minimum Gasteiger partial charge on any atom is -0.746 e. The van der Waals surface area contributed by atoms with Crippen molar-refractivity contribution >= 4 is 21.9 Å². The molecule has 0 heterocycles. The Balaban J connectivity index is 2.01. The van der Waals surface area contributed by atoms with E-state index in [9.17, 15) is 23.2 Å². The maximum atomic E-state index is 10.7. The summed E-state index contributed by atoms with van der Waals surface area (Å²) in [4.78, 5) is 0.877. The molecule has 1 atom stereocenters. The van der Waals surface area contributed by atoms with Crippen LogP contribution in [-0.4, -0.2) is 23.2 Å². The Morgan fingerprint density at radius 3 is 2.14 bits per heavy atom. The van der Waals surface area contributed by atoms with Crippen LogP contribution in [0, 0.1) is 0 Å². The summed E-state index contributed by atoms with van der Waals surface area (Å²) >= 11 is 1.52. The van der Waals surface area contributed by atoms with E-state index in [4.69, 9.17) is 0 Å². The summed E-state index contributed by atoms with van der Waals surface area (Å²) in [5.74, 6) is 0.892. The van der Waals surface area contributed by atoms with Gasteiger partial charge in [0.05, 0.1) is 0 Å². The molecule has 0 radical (unpaired) electrons. The Hall–Kier alpha value is -1.54. The van der Waals surface area contributed by atoms with Crippen molar-refractivity contribution in [1.29, 1.82) is 0 Å². The van der Waals surface area contributed by atoms with Gasteiger partial charge in [0.25, 0.3) is 0 Å². The van der Waals surface area contributed by atoms with Gasteiger partial charge < -0.3 is 14.8 Å². The minimum absolute atomic E-state index is 0.0546. The van der Waals surface area contributed by atoms with E-state index in [2.05, 4.69) is 0 Å². The van der Waals surface area contributed by atoms with E-state index in [1.165, 1.54) is 23.9 Å². The van der Waals surface area contributed by atoms with Crippen molar-refractivity contribution in [3.8, 4) is 5.75 Å². The van der Waals surface area contributed by atoms with Crippen LogP contribution in [0.1, 0.15) is 16.6 Å². The van der Waals surface area contributed by atoms with Crippen molar-refractivity contribution in [2.75, 3.05) is 0 Å². The molecule has 0 aliphatic carbocycles. The standard InChI is InChI=1S/C14H14O5S2/c15-12-5-1-10(2-6-12)9-20-13-7-3-11(4-8-13)14(16)21(17,18)19/h1-8,14-16H,9H2,(H,17,18,19)/p-1. The van der Waals surface area contributed by atoms with Gasteiger partial charge in [-0.05, 0) is 35.4 Å². The first-order chi connectivity index (χ1) is 9.86. The molecular formula is C14H13O5S2-. The fourth-order valence-electron chi connectivity index (χ4n) is 1.65. The Bertz CT molecular complexity index is 693. The third-order valence-electron chi connectivity index (χ3n) is 2.78. The second-order valence-electron chi connectivity index (χ2n) is 4.37. The number of benzene rings is 2. The average Bonchev–Trinajstić information content (AvgIpc) is 2.45. The lowest BCUT2D eigenvalue weighted by atomic mass is 10.2. The molecule has 0 amide bonds. The maximum absolute atomic E-state index is 10.7. The van der Waals surface area contributed by atoms with Crippen molar-refractivity contribution in [1.82, 2.24) is 0 Å². The maximum Gasteiger partial charge on any atom is 0.168 e. The number of rotatable bonds is 5. The van der Waals surface area contributed by atoms with E-state index in [0.717, 1.165) is 10.5 Å². The van der Waals surface area contributed by atoms with E-state index in [1.54, 1.807) is 24.3 Å². The molecule has 7 heteroatoms. The van der Waals surface area contributed by atoms with E-state index in [0.29, 0.717) is 5.75 Å². The van der Waals surface area contributed by atoms with Crippen molar-refractivity contribution in [3.63, 3.8) is 0 Å². The third-order valence-corrected chi connectivity index (χ3v) is 4.68. The van der Waals surface area contributed by atoms with Crippen LogP contribution in [0.15, 0.2) is 53.4 Å². The molecule has 0 aromatic heterocycles. The molecule has 112 valence electrons. The van der Waals surface area contributed by atoms with Crippen LogP contribution in [0.5, 0.6) is 5.75 Å². The molecule has 0 bridgehead atoms. The highest BCUT2D eigenvalue weighted by molar-refractivity contribution is 7.98. The Labute approximate surface area is 127 Å². The summed E-state index contributed by atoms with van der Waals surface area (Å²) in [7, 11) is -4.75. The summed E-state index contributed by atoms with van der Waals surface area (Å²) in [6.45, 7) is 0. The van der Waals surface area contributed by atoms with Crippen molar-refractivity contribution < 1.29 is 23.2 Å². The molecule has 2 aromatic carbocycles. The van der Waals surface area contributed by atoms with Crippen molar-refractivity contribution in [2.45, 2.75) is 16.1 Å². The fraction of sp³-hybridized carbons (Fsp3) is 0.143. The van der Waals surface area contributed by atoms with Gasteiger partial charge in [0.15, 0.2) is 5.44 Å². The zero-order valence-electron chi connectivity index (χ0n) is 10.8. The lowest BCUT2D eigenvalue weighted by Crippen LogP contribution is -2.11. The summed E-state index contributed by atoms with van der Waals surface area (Å²) in [6, 6.07) is 13.0. The second kappa shape index (κ2) is 6.48. The van der Waals surface area contributed by atoms with Gasteiger partial charge in [-0.1, -0.05) is 24.3 Å². The zero-order chi connectivity index (χ0) is 15.5. The second-order valence-corrected chi connectivity index (χ2v) is 6.85. The number of hydrogen-bond acceptors (Lipinski definition) is 6. The summed E-state index contributed by atoms with van der Waals surface area (Å²) < 4.78 is 32.2. The highest BCUT2D eigenvalue weighted by Crippen LogP contribution is 2.26. The molecule has 0 aliphatic rings. The van der Waals surface area contributed by atoms with Gasteiger partial charge in [0.2, 0.25) is 0 Å². The zero-order valence-corrected chi connectivity index (χ0v) is 12.5. The molecule has 5 nitrogen and oxygen atoms in total. The van der Waals surface area contributed by atoms with Crippen LogP contribution in [0.2, 0.25) is 0 Å². The Kier molecular flexibility index (Phi) is 4.89. The van der Waals surface area contributed by atoms with E-state index in [1.807, 2.05) is 12.1 Å². The van der Waals surface area contributed by atoms with E-state index in [-0.39, 0.29) is 11.3 Å². The topological polar surface area (TPSA) is 97.7 Å². The molecule has 1 unspecified atom stereocenters. The lowest BCUT2D eigenvalue weighted by molar-refractivity contribution is 0.236. The predicted octanol–water partition coefficient (Wildman–Crippen LogP) is 2.22. The minimum atomic E-state index is -4.75. The average molecular weight is 325 g/mol. The first-order valence-electron chi connectivity index (χ1n) is 6.00. The molecule has 0 saturated heterocycles. The number of phenols is 1. The highest BCUT2D eigenvalue weighted by atomic mass is 32.2. The van der Waals surface area contributed by atoms with Gasteiger partial charge in [0, 0.05) is 10.6 Å². The normalized spacial score (nSPS) is 13.0. The van der Waals surface area contributed by atoms with E-state index < -0.39 is 15.6 Å². The van der Waals surface area contributed by atoms with Crippen LogP contribution in [0.3, 0.4) is 0 Å². The fourth-order valence-corrected chi connectivity index (χ4v) is 3.00. The lowest BCUT2D eigenvalue weighted by Gasteiger charge is -2.15. The number of hydrogen-bond donors (Lipinski definition) is 2. The Morgan fingerprint density at radius 2 is 1.62 bits per heavy atom. The first kappa shape index (κ1) is 15.8. The summed E-state index contributed by atoms with van der Waals surface area (Å²) in [6.07, 6.45) is 0. The first-order valence-corrected chi connectivity index (χ1v) is 8.45. The molecule has 0 spiro atoms. The summed E-state index contributed by atoms with van der Waals surface area (Å²) in [5.41, 5.74) is -0.948. The number of thioether (sulfide) groups is 1. The molecular weight excluding hydrogens is 312 g/mol. The quantitative estimate of drug-likeness (QED) is 0.646. The molecule has 0 aliphatic heterocycles. The predicted molar refractivity (Wildman–Crippen MR) is 78.8 cm³/mol. The SMILES string of the molecule is O=S(=O)([O-])C(O)c1ccc(SCc2ccc(O)cc2)cc1.